The Morgan fingerprint density at radius 2 is 1.63 bits per heavy atom. The van der Waals surface area contributed by atoms with Gasteiger partial charge < -0.3 is 5.32 Å². The first-order chi connectivity index (χ1) is 9.16. The van der Waals surface area contributed by atoms with Gasteiger partial charge in [0.25, 0.3) is 0 Å². The largest absolute Gasteiger partial charge is 0.312 e. The van der Waals surface area contributed by atoms with E-state index in [-0.39, 0.29) is 0 Å². The molecule has 4 heteroatoms. The highest BCUT2D eigenvalue weighted by Crippen LogP contribution is 2.25. The Labute approximate surface area is 128 Å². The van der Waals surface area contributed by atoms with E-state index in [1.54, 1.807) is 6.07 Å². The third-order valence-electron chi connectivity index (χ3n) is 2.85. The molecule has 0 aliphatic rings. The predicted molar refractivity (Wildman–Crippen MR) is 83.3 cm³/mol. The van der Waals surface area contributed by atoms with Gasteiger partial charge in [0, 0.05) is 11.6 Å². The van der Waals surface area contributed by atoms with E-state index < -0.39 is 0 Å². The van der Waals surface area contributed by atoms with Crippen LogP contribution in [0.2, 0.25) is 15.1 Å². The van der Waals surface area contributed by atoms with E-state index in [1.807, 2.05) is 36.4 Å². The molecule has 2 aromatic rings. The van der Waals surface area contributed by atoms with Crippen molar-refractivity contribution in [1.82, 2.24) is 5.32 Å². The van der Waals surface area contributed by atoms with Crippen molar-refractivity contribution in [1.29, 1.82) is 0 Å². The molecule has 0 fully saturated rings. The van der Waals surface area contributed by atoms with E-state index in [0.717, 1.165) is 23.6 Å². The van der Waals surface area contributed by atoms with Crippen molar-refractivity contribution < 1.29 is 0 Å². The van der Waals surface area contributed by atoms with Crippen LogP contribution in [0.25, 0.3) is 0 Å². The van der Waals surface area contributed by atoms with Crippen molar-refractivity contribution in [2.45, 2.75) is 13.0 Å². The summed E-state index contributed by atoms with van der Waals surface area (Å²) in [7, 11) is 0. The molecule has 0 saturated carbocycles. The highest BCUT2D eigenvalue weighted by Gasteiger charge is 2.03. The Bertz CT molecular complexity index is 538. The predicted octanol–water partition coefficient (Wildman–Crippen LogP) is 4.98. The zero-order chi connectivity index (χ0) is 13.7. The number of benzene rings is 2. The minimum atomic E-state index is 0.596. The number of nitrogens with one attached hydrogen (secondary N) is 1. The van der Waals surface area contributed by atoms with Crippen molar-refractivity contribution in [3.8, 4) is 0 Å². The van der Waals surface area contributed by atoms with Crippen molar-refractivity contribution in [3.05, 3.63) is 68.7 Å². The van der Waals surface area contributed by atoms with E-state index >= 15 is 0 Å². The van der Waals surface area contributed by atoms with Crippen LogP contribution < -0.4 is 5.32 Å². The Morgan fingerprint density at radius 3 is 2.37 bits per heavy atom. The highest BCUT2D eigenvalue weighted by atomic mass is 35.5. The van der Waals surface area contributed by atoms with Crippen LogP contribution in [-0.2, 0) is 13.0 Å². The van der Waals surface area contributed by atoms with Gasteiger partial charge >= 0.3 is 0 Å². The van der Waals surface area contributed by atoms with E-state index in [9.17, 15) is 0 Å². The molecule has 0 heterocycles. The second-order valence-electron chi connectivity index (χ2n) is 4.27. The lowest BCUT2D eigenvalue weighted by molar-refractivity contribution is 0.687. The summed E-state index contributed by atoms with van der Waals surface area (Å²) in [5.74, 6) is 0. The van der Waals surface area contributed by atoms with Gasteiger partial charge in [0.05, 0.1) is 10.0 Å². The standard InChI is InChI=1S/C15H14Cl3N/c16-13-6-4-11(5-7-13)8-9-19-10-12-2-1-3-14(17)15(12)18/h1-7,19H,8-10H2. The first-order valence-corrected chi connectivity index (χ1v) is 7.18. The average molecular weight is 315 g/mol. The molecular weight excluding hydrogens is 301 g/mol. The zero-order valence-corrected chi connectivity index (χ0v) is 12.6. The number of hydrogen-bond acceptors (Lipinski definition) is 1. The van der Waals surface area contributed by atoms with Gasteiger partial charge in [-0.1, -0.05) is 59.1 Å². The summed E-state index contributed by atoms with van der Waals surface area (Å²) in [6.45, 7) is 1.59. The van der Waals surface area contributed by atoms with Gasteiger partial charge in [-0.2, -0.15) is 0 Å². The average Bonchev–Trinajstić information content (AvgIpc) is 2.41. The maximum atomic E-state index is 6.12. The van der Waals surface area contributed by atoms with Gasteiger partial charge in [-0.15, -0.1) is 0 Å². The van der Waals surface area contributed by atoms with Crippen molar-refractivity contribution >= 4 is 34.8 Å². The van der Waals surface area contributed by atoms with Gasteiger partial charge in [-0.05, 0) is 42.3 Å². The fourth-order valence-electron chi connectivity index (χ4n) is 1.79. The fraction of sp³-hybridized carbons (Fsp3) is 0.200. The van der Waals surface area contributed by atoms with E-state index in [2.05, 4.69) is 5.32 Å². The van der Waals surface area contributed by atoms with Crippen LogP contribution in [0, 0.1) is 0 Å². The van der Waals surface area contributed by atoms with E-state index in [0.29, 0.717) is 16.6 Å². The molecule has 1 nitrogen and oxygen atoms in total. The zero-order valence-electron chi connectivity index (χ0n) is 10.3. The smallest absolute Gasteiger partial charge is 0.0637 e. The molecule has 0 atom stereocenters. The Hall–Kier alpha value is -0.730. The molecular formula is C15H14Cl3N. The molecule has 0 saturated heterocycles. The summed E-state index contributed by atoms with van der Waals surface area (Å²) in [5, 5.41) is 5.35. The third-order valence-corrected chi connectivity index (χ3v) is 3.96. The summed E-state index contributed by atoms with van der Waals surface area (Å²) >= 11 is 17.9. The van der Waals surface area contributed by atoms with E-state index in [1.165, 1.54) is 5.56 Å². The Morgan fingerprint density at radius 1 is 0.895 bits per heavy atom. The molecule has 0 radical (unpaired) electrons. The summed E-state index contributed by atoms with van der Waals surface area (Å²) in [5.41, 5.74) is 2.28. The normalized spacial score (nSPS) is 10.7. The summed E-state index contributed by atoms with van der Waals surface area (Å²) < 4.78 is 0. The molecule has 19 heavy (non-hydrogen) atoms. The number of hydrogen-bond donors (Lipinski definition) is 1. The molecule has 0 unspecified atom stereocenters. The summed E-state index contributed by atoms with van der Waals surface area (Å²) in [6.07, 6.45) is 0.954. The number of halogens is 3. The third kappa shape index (κ3) is 4.39. The summed E-state index contributed by atoms with van der Waals surface area (Å²) in [4.78, 5) is 0. The SMILES string of the molecule is Clc1ccc(CCNCc2cccc(Cl)c2Cl)cc1. The molecule has 100 valence electrons. The maximum Gasteiger partial charge on any atom is 0.0637 e. The molecule has 2 aromatic carbocycles. The molecule has 0 bridgehead atoms. The van der Waals surface area contributed by atoms with Gasteiger partial charge in [0.2, 0.25) is 0 Å². The van der Waals surface area contributed by atoms with Crippen LogP contribution in [-0.4, -0.2) is 6.54 Å². The van der Waals surface area contributed by atoms with Crippen LogP contribution in [0.5, 0.6) is 0 Å². The monoisotopic (exact) mass is 313 g/mol. The first-order valence-electron chi connectivity index (χ1n) is 6.05. The molecule has 0 spiro atoms. The fourth-order valence-corrected chi connectivity index (χ4v) is 2.30. The molecule has 2 rings (SSSR count). The van der Waals surface area contributed by atoms with Crippen LogP contribution in [0.15, 0.2) is 42.5 Å². The minimum Gasteiger partial charge on any atom is -0.312 e. The van der Waals surface area contributed by atoms with Gasteiger partial charge in [0.1, 0.15) is 0 Å². The first kappa shape index (κ1) is 14.7. The Balaban J connectivity index is 1.81. The second-order valence-corrected chi connectivity index (χ2v) is 5.49. The van der Waals surface area contributed by atoms with Crippen LogP contribution in [0.1, 0.15) is 11.1 Å². The molecule has 1 N–H and O–H groups in total. The lowest BCUT2D eigenvalue weighted by Gasteiger charge is -2.08. The topological polar surface area (TPSA) is 12.0 Å². The minimum absolute atomic E-state index is 0.596. The molecule has 0 aliphatic heterocycles. The van der Waals surface area contributed by atoms with Crippen LogP contribution in [0.4, 0.5) is 0 Å². The maximum absolute atomic E-state index is 6.12. The molecule has 0 aromatic heterocycles. The number of rotatable bonds is 5. The van der Waals surface area contributed by atoms with Crippen molar-refractivity contribution in [2.24, 2.45) is 0 Å². The van der Waals surface area contributed by atoms with Gasteiger partial charge in [-0.25, -0.2) is 0 Å². The van der Waals surface area contributed by atoms with Crippen molar-refractivity contribution in [2.75, 3.05) is 6.54 Å². The highest BCUT2D eigenvalue weighted by molar-refractivity contribution is 6.42. The molecule has 0 aliphatic carbocycles. The Kier molecular flexibility index (Phi) is 5.53. The van der Waals surface area contributed by atoms with Crippen LogP contribution in [0.3, 0.4) is 0 Å². The summed E-state index contributed by atoms with van der Waals surface area (Å²) in [6, 6.07) is 13.6. The van der Waals surface area contributed by atoms with Crippen molar-refractivity contribution in [3.63, 3.8) is 0 Å². The molecule has 0 amide bonds. The van der Waals surface area contributed by atoms with Gasteiger partial charge in [0.15, 0.2) is 0 Å². The van der Waals surface area contributed by atoms with Gasteiger partial charge in [-0.3, -0.25) is 0 Å². The van der Waals surface area contributed by atoms with Crippen LogP contribution >= 0.6 is 34.8 Å². The quantitative estimate of drug-likeness (QED) is 0.768. The lowest BCUT2D eigenvalue weighted by Crippen LogP contribution is -2.16. The van der Waals surface area contributed by atoms with E-state index in [4.69, 9.17) is 34.8 Å². The lowest BCUT2D eigenvalue weighted by atomic mass is 10.1. The second kappa shape index (κ2) is 7.16.